The van der Waals surface area contributed by atoms with Crippen molar-refractivity contribution in [3.8, 4) is 0 Å². The van der Waals surface area contributed by atoms with Crippen LogP contribution in [0.25, 0.3) is 0 Å². The zero-order valence-corrected chi connectivity index (χ0v) is 12.5. The van der Waals surface area contributed by atoms with E-state index in [2.05, 4.69) is 36.6 Å². The Morgan fingerprint density at radius 1 is 1.35 bits per heavy atom. The van der Waals surface area contributed by atoms with E-state index in [1.807, 2.05) is 6.92 Å². The van der Waals surface area contributed by atoms with Crippen LogP contribution in [0.15, 0.2) is 24.3 Å². The van der Waals surface area contributed by atoms with Crippen LogP contribution in [0.2, 0.25) is 0 Å². The number of rotatable bonds is 6. The van der Waals surface area contributed by atoms with Crippen molar-refractivity contribution in [2.75, 3.05) is 19.8 Å². The average molecular weight is 278 g/mol. The molecule has 4 heteroatoms. The number of ether oxygens (including phenoxy) is 2. The van der Waals surface area contributed by atoms with Crippen molar-refractivity contribution >= 4 is 0 Å². The third-order valence-electron chi connectivity index (χ3n) is 4.16. The van der Waals surface area contributed by atoms with E-state index >= 15 is 0 Å². The summed E-state index contributed by atoms with van der Waals surface area (Å²) in [5, 5.41) is 0. The molecule has 4 nitrogen and oxygen atoms in total. The molecule has 0 spiro atoms. The Morgan fingerprint density at radius 2 is 2.10 bits per heavy atom. The van der Waals surface area contributed by atoms with Crippen molar-refractivity contribution in [1.29, 1.82) is 0 Å². The largest absolute Gasteiger partial charge is 0.381 e. The molecule has 1 unspecified atom stereocenters. The molecule has 1 fully saturated rings. The van der Waals surface area contributed by atoms with Crippen molar-refractivity contribution in [2.45, 2.75) is 44.8 Å². The molecule has 0 bridgehead atoms. The van der Waals surface area contributed by atoms with E-state index in [0.717, 1.165) is 32.5 Å². The standard InChI is InChI=1S/C16H26N2O2/c1-3-13-6-5-7-14(12-13)15(18-17)16(20-4-2)8-10-19-11-9-16/h5-7,12,15,18H,3-4,8-11,17H2,1-2H3. The summed E-state index contributed by atoms with van der Waals surface area (Å²) in [5.74, 6) is 5.87. The van der Waals surface area contributed by atoms with Gasteiger partial charge in [-0.05, 0) is 24.5 Å². The minimum Gasteiger partial charge on any atom is -0.381 e. The first-order valence-electron chi connectivity index (χ1n) is 7.52. The SMILES string of the molecule is CCOC1(C(NN)c2cccc(CC)c2)CCOCC1. The summed E-state index contributed by atoms with van der Waals surface area (Å²) >= 11 is 0. The third kappa shape index (κ3) is 3.20. The molecule has 0 amide bonds. The predicted octanol–water partition coefficient (Wildman–Crippen LogP) is 2.34. The molecule has 0 aliphatic carbocycles. The summed E-state index contributed by atoms with van der Waals surface area (Å²) in [4.78, 5) is 0. The molecular weight excluding hydrogens is 252 g/mol. The van der Waals surface area contributed by atoms with Gasteiger partial charge in [0.05, 0.1) is 11.6 Å². The number of hydrogen-bond donors (Lipinski definition) is 2. The van der Waals surface area contributed by atoms with E-state index in [1.165, 1.54) is 11.1 Å². The van der Waals surface area contributed by atoms with Crippen LogP contribution in [0.1, 0.15) is 43.9 Å². The van der Waals surface area contributed by atoms with Crippen molar-refractivity contribution in [1.82, 2.24) is 5.43 Å². The monoisotopic (exact) mass is 278 g/mol. The van der Waals surface area contributed by atoms with E-state index in [4.69, 9.17) is 15.3 Å². The summed E-state index contributed by atoms with van der Waals surface area (Å²) < 4.78 is 11.6. The summed E-state index contributed by atoms with van der Waals surface area (Å²) in [7, 11) is 0. The van der Waals surface area contributed by atoms with E-state index in [1.54, 1.807) is 0 Å². The van der Waals surface area contributed by atoms with Gasteiger partial charge in [0, 0.05) is 32.7 Å². The van der Waals surface area contributed by atoms with Gasteiger partial charge < -0.3 is 9.47 Å². The van der Waals surface area contributed by atoms with Crippen LogP contribution < -0.4 is 11.3 Å². The molecule has 0 saturated carbocycles. The van der Waals surface area contributed by atoms with Crippen LogP contribution in [0.4, 0.5) is 0 Å². The summed E-state index contributed by atoms with van der Waals surface area (Å²) in [6, 6.07) is 8.59. The number of nitrogens with one attached hydrogen (secondary N) is 1. The summed E-state index contributed by atoms with van der Waals surface area (Å²) in [5.41, 5.74) is 5.23. The van der Waals surface area contributed by atoms with Gasteiger partial charge in [-0.2, -0.15) is 0 Å². The Balaban J connectivity index is 2.31. The van der Waals surface area contributed by atoms with Gasteiger partial charge in [-0.1, -0.05) is 31.2 Å². The second-order valence-electron chi connectivity index (χ2n) is 5.31. The molecule has 0 aromatic heterocycles. The van der Waals surface area contributed by atoms with Gasteiger partial charge in [0.25, 0.3) is 0 Å². The smallest absolute Gasteiger partial charge is 0.0932 e. The Bertz CT molecular complexity index is 411. The molecule has 3 N–H and O–H groups in total. The Labute approximate surface area is 121 Å². The second kappa shape index (κ2) is 7.18. The molecular formula is C16H26N2O2. The lowest BCUT2D eigenvalue weighted by molar-refractivity contribution is -0.128. The number of hydrazine groups is 1. The van der Waals surface area contributed by atoms with Crippen LogP contribution in [0.3, 0.4) is 0 Å². The Hall–Kier alpha value is -0.940. The topological polar surface area (TPSA) is 56.5 Å². The fourth-order valence-corrected chi connectivity index (χ4v) is 3.07. The van der Waals surface area contributed by atoms with Crippen LogP contribution in [0, 0.1) is 0 Å². The third-order valence-corrected chi connectivity index (χ3v) is 4.16. The zero-order valence-electron chi connectivity index (χ0n) is 12.5. The lowest BCUT2D eigenvalue weighted by Crippen LogP contribution is -2.51. The van der Waals surface area contributed by atoms with Gasteiger partial charge in [-0.3, -0.25) is 11.3 Å². The van der Waals surface area contributed by atoms with Gasteiger partial charge >= 0.3 is 0 Å². The molecule has 1 aliphatic heterocycles. The lowest BCUT2D eigenvalue weighted by atomic mass is 9.82. The molecule has 20 heavy (non-hydrogen) atoms. The van der Waals surface area contributed by atoms with Crippen LogP contribution >= 0.6 is 0 Å². The maximum absolute atomic E-state index is 6.13. The molecule has 0 radical (unpaired) electrons. The minimum atomic E-state index is -0.270. The first-order valence-corrected chi connectivity index (χ1v) is 7.52. The van der Waals surface area contributed by atoms with Gasteiger partial charge in [0.15, 0.2) is 0 Å². The summed E-state index contributed by atoms with van der Waals surface area (Å²) in [6.45, 7) is 6.34. The van der Waals surface area contributed by atoms with Crippen LogP contribution in [-0.2, 0) is 15.9 Å². The number of aryl methyl sites for hydroxylation is 1. The van der Waals surface area contributed by atoms with Gasteiger partial charge in [0.2, 0.25) is 0 Å². The van der Waals surface area contributed by atoms with E-state index < -0.39 is 0 Å². The molecule has 1 aromatic rings. The van der Waals surface area contributed by atoms with Gasteiger partial charge in [-0.15, -0.1) is 0 Å². The summed E-state index contributed by atoms with van der Waals surface area (Å²) in [6.07, 6.45) is 2.76. The molecule has 1 aliphatic rings. The van der Waals surface area contributed by atoms with Gasteiger partial charge in [0.1, 0.15) is 0 Å². The van der Waals surface area contributed by atoms with E-state index in [-0.39, 0.29) is 11.6 Å². The molecule has 1 aromatic carbocycles. The number of hydrogen-bond acceptors (Lipinski definition) is 4. The maximum atomic E-state index is 6.13. The quantitative estimate of drug-likeness (QED) is 0.619. The fraction of sp³-hybridized carbons (Fsp3) is 0.625. The molecule has 1 atom stereocenters. The van der Waals surface area contributed by atoms with Crippen LogP contribution in [0.5, 0.6) is 0 Å². The van der Waals surface area contributed by atoms with E-state index in [9.17, 15) is 0 Å². The van der Waals surface area contributed by atoms with Crippen molar-refractivity contribution < 1.29 is 9.47 Å². The van der Waals surface area contributed by atoms with Crippen LogP contribution in [-0.4, -0.2) is 25.4 Å². The Kier molecular flexibility index (Phi) is 5.54. The minimum absolute atomic E-state index is 0.00199. The molecule has 1 heterocycles. The fourth-order valence-electron chi connectivity index (χ4n) is 3.07. The highest BCUT2D eigenvalue weighted by atomic mass is 16.5. The van der Waals surface area contributed by atoms with Crippen molar-refractivity contribution in [3.63, 3.8) is 0 Å². The normalized spacial score (nSPS) is 19.8. The first-order chi connectivity index (χ1) is 9.75. The highest BCUT2D eigenvalue weighted by Gasteiger charge is 2.41. The first kappa shape index (κ1) is 15.4. The van der Waals surface area contributed by atoms with Gasteiger partial charge in [-0.25, -0.2) is 0 Å². The lowest BCUT2D eigenvalue weighted by Gasteiger charge is -2.43. The second-order valence-corrected chi connectivity index (χ2v) is 5.31. The van der Waals surface area contributed by atoms with E-state index in [0.29, 0.717) is 6.61 Å². The number of benzene rings is 1. The zero-order chi connectivity index (χ0) is 14.4. The molecule has 112 valence electrons. The maximum Gasteiger partial charge on any atom is 0.0932 e. The highest BCUT2D eigenvalue weighted by Crippen LogP contribution is 2.37. The highest BCUT2D eigenvalue weighted by molar-refractivity contribution is 5.28. The van der Waals surface area contributed by atoms with Crippen molar-refractivity contribution in [2.24, 2.45) is 5.84 Å². The Morgan fingerprint density at radius 3 is 2.70 bits per heavy atom. The predicted molar refractivity (Wildman–Crippen MR) is 80.3 cm³/mol. The van der Waals surface area contributed by atoms with Crippen molar-refractivity contribution in [3.05, 3.63) is 35.4 Å². The molecule has 2 rings (SSSR count). The molecule has 1 saturated heterocycles. The number of nitrogens with two attached hydrogens (primary N) is 1. The average Bonchev–Trinajstić information content (AvgIpc) is 2.49.